The minimum atomic E-state index is -0.898. The van der Waals surface area contributed by atoms with Gasteiger partial charge in [0.05, 0.1) is 19.8 Å². The van der Waals surface area contributed by atoms with Gasteiger partial charge in [-0.15, -0.1) is 24.0 Å². The molecule has 0 spiro atoms. The van der Waals surface area contributed by atoms with Crippen LogP contribution in [-0.2, 0) is 21.3 Å². The molecule has 5 nitrogen and oxygen atoms in total. The fourth-order valence-electron chi connectivity index (χ4n) is 1.99. The van der Waals surface area contributed by atoms with E-state index in [0.717, 1.165) is 18.7 Å². The zero-order valence-electron chi connectivity index (χ0n) is 11.9. The van der Waals surface area contributed by atoms with Gasteiger partial charge in [-0.2, -0.15) is 0 Å². The molecular weight excluding hydrogens is 401 g/mol. The number of aliphatic imine (C=N–C) groups is 1. The predicted octanol–water partition coefficient (Wildman–Crippen LogP) is 1.20. The number of morpholine rings is 1. The van der Waals surface area contributed by atoms with Gasteiger partial charge < -0.3 is 15.4 Å². The van der Waals surface area contributed by atoms with Gasteiger partial charge in [-0.05, 0) is 5.56 Å². The number of ether oxygens (including phenoxy) is 1. The van der Waals surface area contributed by atoms with E-state index in [1.54, 1.807) is 0 Å². The van der Waals surface area contributed by atoms with Gasteiger partial charge in [-0.25, -0.2) is 0 Å². The van der Waals surface area contributed by atoms with E-state index in [-0.39, 0.29) is 24.0 Å². The molecule has 118 valence electrons. The van der Waals surface area contributed by atoms with Gasteiger partial charge in [0, 0.05) is 35.4 Å². The van der Waals surface area contributed by atoms with Gasteiger partial charge in [-0.3, -0.25) is 9.20 Å². The number of nitrogens with zero attached hydrogens (tertiary/aromatic N) is 2. The van der Waals surface area contributed by atoms with Crippen LogP contribution in [0, 0.1) is 0 Å². The first kappa shape index (κ1) is 18.4. The summed E-state index contributed by atoms with van der Waals surface area (Å²) >= 11 is 0. The third-order valence-corrected chi connectivity index (χ3v) is 4.39. The molecule has 1 heterocycles. The molecule has 2 N–H and O–H groups in total. The van der Waals surface area contributed by atoms with Crippen molar-refractivity contribution in [1.29, 1.82) is 0 Å². The SMILES string of the molecule is I.NC(=NCCS(=O)Cc1ccccc1)N1CCOCC1. The van der Waals surface area contributed by atoms with E-state index in [1.807, 2.05) is 35.2 Å². The second kappa shape index (κ2) is 10.1. The molecule has 7 heteroatoms. The van der Waals surface area contributed by atoms with Crippen LogP contribution in [0.2, 0.25) is 0 Å². The summed E-state index contributed by atoms with van der Waals surface area (Å²) in [4.78, 5) is 6.30. The highest BCUT2D eigenvalue weighted by atomic mass is 127. The summed E-state index contributed by atoms with van der Waals surface area (Å²) < 4.78 is 17.2. The third-order valence-electron chi connectivity index (χ3n) is 3.10. The maximum atomic E-state index is 11.9. The van der Waals surface area contributed by atoms with Gasteiger partial charge in [0.25, 0.3) is 0 Å². The normalized spacial score (nSPS) is 17.1. The van der Waals surface area contributed by atoms with Crippen LogP contribution in [0.1, 0.15) is 5.56 Å². The molecule has 1 unspecified atom stereocenters. The quantitative estimate of drug-likeness (QED) is 0.439. The summed E-state index contributed by atoms with van der Waals surface area (Å²) in [5.74, 6) is 1.65. The van der Waals surface area contributed by atoms with Gasteiger partial charge >= 0.3 is 0 Å². The summed E-state index contributed by atoms with van der Waals surface area (Å²) in [6.07, 6.45) is 0. The van der Waals surface area contributed by atoms with Crippen molar-refractivity contribution >= 4 is 40.7 Å². The predicted molar refractivity (Wildman–Crippen MR) is 97.5 cm³/mol. The molecule has 0 saturated carbocycles. The second-order valence-corrected chi connectivity index (χ2v) is 6.19. The van der Waals surface area contributed by atoms with Crippen molar-refractivity contribution in [1.82, 2.24) is 4.90 Å². The molecule has 2 rings (SSSR count). The van der Waals surface area contributed by atoms with Crippen LogP contribution < -0.4 is 5.73 Å². The maximum Gasteiger partial charge on any atom is 0.191 e. The fourth-order valence-corrected chi connectivity index (χ4v) is 2.99. The Balaban J connectivity index is 0.00000220. The number of rotatable bonds is 5. The molecule has 1 saturated heterocycles. The fraction of sp³-hybridized carbons (Fsp3) is 0.500. The third kappa shape index (κ3) is 6.75. The molecule has 1 aromatic carbocycles. The highest BCUT2D eigenvalue weighted by Gasteiger charge is 2.11. The molecule has 0 aliphatic carbocycles. The lowest BCUT2D eigenvalue weighted by atomic mass is 10.2. The van der Waals surface area contributed by atoms with E-state index in [9.17, 15) is 4.21 Å². The first-order valence-electron chi connectivity index (χ1n) is 6.77. The minimum absolute atomic E-state index is 0. The van der Waals surface area contributed by atoms with Gasteiger partial charge in [-0.1, -0.05) is 30.3 Å². The standard InChI is InChI=1S/C14H21N3O2S.HI/c15-14(17-7-9-19-10-8-17)16-6-11-20(18)12-13-4-2-1-3-5-13;/h1-5H,6-12H2,(H2,15,16);1H. The number of benzene rings is 1. The van der Waals surface area contributed by atoms with E-state index >= 15 is 0 Å². The first-order chi connectivity index (χ1) is 9.75. The Kier molecular flexibility index (Phi) is 8.86. The molecule has 0 bridgehead atoms. The Morgan fingerprint density at radius 3 is 2.62 bits per heavy atom. The molecule has 0 aromatic heterocycles. The Bertz CT molecular complexity index is 465. The lowest BCUT2D eigenvalue weighted by molar-refractivity contribution is 0.0674. The van der Waals surface area contributed by atoms with Crippen LogP contribution in [0.15, 0.2) is 35.3 Å². The van der Waals surface area contributed by atoms with Crippen LogP contribution in [0.5, 0.6) is 0 Å². The van der Waals surface area contributed by atoms with E-state index in [0.29, 0.717) is 37.2 Å². The molecule has 1 aliphatic rings. The number of nitrogens with two attached hydrogens (primary N) is 1. The Hall–Kier alpha value is -0.670. The van der Waals surface area contributed by atoms with Crippen molar-refractivity contribution in [2.24, 2.45) is 10.7 Å². The largest absolute Gasteiger partial charge is 0.378 e. The van der Waals surface area contributed by atoms with Crippen molar-refractivity contribution in [3.63, 3.8) is 0 Å². The molecule has 1 aromatic rings. The van der Waals surface area contributed by atoms with Gasteiger partial charge in [0.15, 0.2) is 5.96 Å². The first-order valence-corrected chi connectivity index (χ1v) is 8.26. The van der Waals surface area contributed by atoms with Crippen molar-refractivity contribution in [3.8, 4) is 0 Å². The monoisotopic (exact) mass is 423 g/mol. The van der Waals surface area contributed by atoms with Gasteiger partial charge in [0.2, 0.25) is 0 Å². The Morgan fingerprint density at radius 2 is 1.95 bits per heavy atom. The molecule has 1 aliphatic heterocycles. The van der Waals surface area contributed by atoms with Crippen LogP contribution in [0.3, 0.4) is 0 Å². The molecular formula is C14H22IN3O2S. The Morgan fingerprint density at radius 1 is 1.29 bits per heavy atom. The second-order valence-electron chi connectivity index (χ2n) is 4.61. The summed E-state index contributed by atoms with van der Waals surface area (Å²) in [5.41, 5.74) is 7.00. The van der Waals surface area contributed by atoms with Crippen molar-refractivity contribution in [2.75, 3.05) is 38.6 Å². The number of guanidine groups is 1. The molecule has 0 radical (unpaired) electrons. The van der Waals surface area contributed by atoms with Crippen LogP contribution in [0.25, 0.3) is 0 Å². The van der Waals surface area contributed by atoms with E-state index in [1.165, 1.54) is 0 Å². The lowest BCUT2D eigenvalue weighted by Crippen LogP contribution is -2.45. The molecule has 1 atom stereocenters. The average Bonchev–Trinajstić information content (AvgIpc) is 2.49. The highest BCUT2D eigenvalue weighted by molar-refractivity contribution is 14.0. The van der Waals surface area contributed by atoms with Crippen molar-refractivity contribution in [3.05, 3.63) is 35.9 Å². The summed E-state index contributed by atoms with van der Waals surface area (Å²) in [6.45, 7) is 3.44. The molecule has 0 amide bonds. The summed E-state index contributed by atoms with van der Waals surface area (Å²) in [7, 11) is -0.898. The minimum Gasteiger partial charge on any atom is -0.378 e. The summed E-state index contributed by atoms with van der Waals surface area (Å²) in [5, 5.41) is 0. The molecule has 21 heavy (non-hydrogen) atoms. The molecule has 1 fully saturated rings. The van der Waals surface area contributed by atoms with Gasteiger partial charge in [0.1, 0.15) is 0 Å². The number of hydrogen-bond donors (Lipinski definition) is 1. The summed E-state index contributed by atoms with van der Waals surface area (Å²) in [6, 6.07) is 9.86. The number of hydrogen-bond acceptors (Lipinski definition) is 3. The highest BCUT2D eigenvalue weighted by Crippen LogP contribution is 2.03. The number of halogens is 1. The maximum absolute atomic E-state index is 11.9. The zero-order chi connectivity index (χ0) is 14.2. The van der Waals surface area contributed by atoms with Crippen LogP contribution >= 0.6 is 24.0 Å². The topological polar surface area (TPSA) is 67.9 Å². The average molecular weight is 423 g/mol. The smallest absolute Gasteiger partial charge is 0.191 e. The zero-order valence-corrected chi connectivity index (χ0v) is 15.1. The van der Waals surface area contributed by atoms with Crippen LogP contribution in [0.4, 0.5) is 0 Å². The Labute approximate surface area is 145 Å². The van der Waals surface area contributed by atoms with E-state index < -0.39 is 10.8 Å². The van der Waals surface area contributed by atoms with Crippen molar-refractivity contribution < 1.29 is 8.95 Å². The lowest BCUT2D eigenvalue weighted by Gasteiger charge is -2.27. The van der Waals surface area contributed by atoms with E-state index in [4.69, 9.17) is 10.5 Å². The van der Waals surface area contributed by atoms with Crippen LogP contribution in [-0.4, -0.2) is 53.7 Å². The van der Waals surface area contributed by atoms with E-state index in [2.05, 4.69) is 4.99 Å². The van der Waals surface area contributed by atoms with Crippen molar-refractivity contribution in [2.45, 2.75) is 5.75 Å².